The van der Waals surface area contributed by atoms with E-state index in [1.54, 1.807) is 0 Å². The Labute approximate surface area is 342 Å². The number of hydrogen-bond acceptors (Lipinski definition) is 4. The number of para-hydroxylation sites is 1. The number of fused-ring (bicyclic) bond motifs is 4. The van der Waals surface area contributed by atoms with Crippen LogP contribution in [0.4, 0.5) is 0 Å². The van der Waals surface area contributed by atoms with Gasteiger partial charge >= 0.3 is 0 Å². The highest BCUT2D eigenvalue weighted by atomic mass is 16.3. The molecule has 0 bridgehead atoms. The van der Waals surface area contributed by atoms with Crippen LogP contribution in [0, 0.1) is 0 Å². The van der Waals surface area contributed by atoms with Crippen LogP contribution in [0.25, 0.3) is 77.2 Å². The van der Waals surface area contributed by atoms with Crippen LogP contribution in [0.1, 0.15) is 22.9 Å². The fourth-order valence-electron chi connectivity index (χ4n) is 8.36. The molecule has 59 heavy (non-hydrogen) atoms. The van der Waals surface area contributed by atoms with Gasteiger partial charge in [0.2, 0.25) is 0 Å². The summed E-state index contributed by atoms with van der Waals surface area (Å²) in [4.78, 5) is 10.8. The van der Waals surface area contributed by atoms with Crippen LogP contribution < -0.4 is 5.32 Å². The van der Waals surface area contributed by atoms with E-state index in [-0.39, 0.29) is 0 Å². The Kier molecular flexibility index (Phi) is 8.52. The summed E-state index contributed by atoms with van der Waals surface area (Å²) in [6.07, 6.45) is -0.393. The SMILES string of the molecule is c1ccc(-c2ccc(C3=NC(c4cc(-c5cc(-c6ccccc6)cc6ccccc56)cc5oc6ccccc6c45)=NC(c4ccc(-c5ccccc5)cc4)N3)cc2)cc1. The van der Waals surface area contributed by atoms with E-state index >= 15 is 0 Å². The minimum atomic E-state index is -0.393. The van der Waals surface area contributed by atoms with E-state index in [4.69, 9.17) is 14.4 Å². The third kappa shape index (κ3) is 6.47. The van der Waals surface area contributed by atoms with Gasteiger partial charge < -0.3 is 9.73 Å². The zero-order valence-corrected chi connectivity index (χ0v) is 32.1. The van der Waals surface area contributed by atoms with E-state index in [0.29, 0.717) is 5.84 Å². The summed E-state index contributed by atoms with van der Waals surface area (Å²) >= 11 is 0. The molecule has 0 saturated carbocycles. The smallest absolute Gasteiger partial charge is 0.160 e. The molecule has 0 fully saturated rings. The fourth-order valence-corrected chi connectivity index (χ4v) is 8.36. The molecule has 1 unspecified atom stereocenters. The summed E-state index contributed by atoms with van der Waals surface area (Å²) in [5.74, 6) is 1.40. The Hall–Kier alpha value is -7.82. The standard InChI is InChI=1S/C55H37N3O/c1-4-14-36(15-5-1)39-24-28-41(29-25-39)53-56-54(42-30-26-40(27-31-42)37-16-6-2-7-17-37)58-55(57-53)49-34-45(35-51-52(49)47-22-12-13-23-50(47)59-51)48-33-44(38-18-8-3-9-19-38)32-43-20-10-11-21-46(43)48/h1-35,53H,(H,56,57,58). The van der Waals surface area contributed by atoms with Crippen molar-refractivity contribution in [1.29, 1.82) is 0 Å². The van der Waals surface area contributed by atoms with Crippen molar-refractivity contribution in [1.82, 2.24) is 5.32 Å². The van der Waals surface area contributed by atoms with Gasteiger partial charge in [-0.3, -0.25) is 0 Å². The second-order valence-electron chi connectivity index (χ2n) is 15.0. The number of furan rings is 1. The molecule has 278 valence electrons. The molecule has 4 heteroatoms. The highest BCUT2D eigenvalue weighted by molar-refractivity contribution is 6.23. The van der Waals surface area contributed by atoms with Gasteiger partial charge in [0.15, 0.2) is 5.84 Å². The van der Waals surface area contributed by atoms with E-state index in [1.165, 1.54) is 27.5 Å². The topological polar surface area (TPSA) is 49.9 Å². The lowest BCUT2D eigenvalue weighted by Crippen LogP contribution is -2.33. The summed E-state index contributed by atoms with van der Waals surface area (Å²) in [5.41, 5.74) is 13.7. The minimum Gasteiger partial charge on any atom is -0.456 e. The lowest BCUT2D eigenvalue weighted by atomic mass is 9.91. The van der Waals surface area contributed by atoms with Gasteiger partial charge in [0.25, 0.3) is 0 Å². The molecule has 1 aliphatic heterocycles. The molecule has 11 rings (SSSR count). The van der Waals surface area contributed by atoms with Crippen LogP contribution in [0.2, 0.25) is 0 Å². The quantitative estimate of drug-likeness (QED) is 0.176. The molecule has 0 amide bonds. The van der Waals surface area contributed by atoms with Crippen LogP contribution in [0.5, 0.6) is 0 Å². The van der Waals surface area contributed by atoms with Gasteiger partial charge in [-0.1, -0.05) is 182 Å². The fraction of sp³-hybridized carbons (Fsp3) is 0.0182. The van der Waals surface area contributed by atoms with Crippen molar-refractivity contribution in [2.24, 2.45) is 9.98 Å². The first-order valence-corrected chi connectivity index (χ1v) is 20.0. The Bertz CT molecular complexity index is 3200. The number of hydrogen-bond donors (Lipinski definition) is 1. The highest BCUT2D eigenvalue weighted by Gasteiger charge is 2.25. The number of amidine groups is 2. The third-order valence-corrected chi connectivity index (χ3v) is 11.3. The monoisotopic (exact) mass is 755 g/mol. The Morgan fingerprint density at radius 3 is 1.59 bits per heavy atom. The maximum absolute atomic E-state index is 6.69. The van der Waals surface area contributed by atoms with Gasteiger partial charge in [-0.2, -0.15) is 0 Å². The van der Waals surface area contributed by atoms with E-state index < -0.39 is 6.17 Å². The number of benzene rings is 9. The number of rotatable bonds is 7. The summed E-state index contributed by atoms with van der Waals surface area (Å²) < 4.78 is 6.69. The van der Waals surface area contributed by atoms with E-state index in [9.17, 15) is 0 Å². The van der Waals surface area contributed by atoms with Crippen molar-refractivity contribution in [3.63, 3.8) is 0 Å². The molecule has 0 saturated heterocycles. The lowest BCUT2D eigenvalue weighted by molar-refractivity contribution is 0.668. The molecule has 1 atom stereocenters. The van der Waals surface area contributed by atoms with Gasteiger partial charge in [0, 0.05) is 21.9 Å². The summed E-state index contributed by atoms with van der Waals surface area (Å²) in [7, 11) is 0. The van der Waals surface area contributed by atoms with Crippen LogP contribution in [-0.2, 0) is 0 Å². The molecule has 0 spiro atoms. The zero-order valence-electron chi connectivity index (χ0n) is 32.1. The average Bonchev–Trinajstić information content (AvgIpc) is 3.70. The van der Waals surface area contributed by atoms with Crippen LogP contribution in [0.3, 0.4) is 0 Å². The number of nitrogens with zero attached hydrogens (tertiary/aromatic N) is 2. The first-order valence-electron chi connectivity index (χ1n) is 20.0. The summed E-state index contributed by atoms with van der Waals surface area (Å²) in [5, 5.41) is 8.08. The largest absolute Gasteiger partial charge is 0.456 e. The second-order valence-corrected chi connectivity index (χ2v) is 15.0. The second kappa shape index (κ2) is 14.6. The van der Waals surface area contributed by atoms with Gasteiger partial charge in [0.05, 0.1) is 0 Å². The van der Waals surface area contributed by atoms with Crippen LogP contribution in [0.15, 0.2) is 227 Å². The van der Waals surface area contributed by atoms with Gasteiger partial charge in [-0.05, 0) is 91.2 Å². The molecule has 9 aromatic carbocycles. The Morgan fingerprint density at radius 1 is 0.390 bits per heavy atom. The minimum absolute atomic E-state index is 0.393. The van der Waals surface area contributed by atoms with Crippen molar-refractivity contribution in [3.05, 3.63) is 229 Å². The zero-order chi connectivity index (χ0) is 39.1. The summed E-state index contributed by atoms with van der Waals surface area (Å²) in [6.45, 7) is 0. The van der Waals surface area contributed by atoms with Crippen LogP contribution in [-0.4, -0.2) is 11.7 Å². The van der Waals surface area contributed by atoms with Crippen molar-refractivity contribution in [2.75, 3.05) is 0 Å². The molecule has 1 N–H and O–H groups in total. The number of nitrogens with one attached hydrogen (secondary N) is 1. The molecule has 0 aliphatic carbocycles. The lowest BCUT2D eigenvalue weighted by Gasteiger charge is -2.24. The Balaban J connectivity index is 1.11. The first-order chi connectivity index (χ1) is 29.2. The maximum Gasteiger partial charge on any atom is 0.160 e. The molecule has 4 nitrogen and oxygen atoms in total. The molecular formula is C55H37N3O. The molecule has 1 aromatic heterocycles. The molecular weight excluding hydrogens is 719 g/mol. The molecule has 10 aromatic rings. The molecule has 1 aliphatic rings. The van der Waals surface area contributed by atoms with Gasteiger partial charge in [0.1, 0.15) is 23.2 Å². The normalized spacial score (nSPS) is 13.9. The first kappa shape index (κ1) is 34.4. The van der Waals surface area contributed by atoms with Crippen LogP contribution >= 0.6 is 0 Å². The van der Waals surface area contributed by atoms with Crippen molar-refractivity contribution in [3.8, 4) is 44.5 Å². The van der Waals surface area contributed by atoms with Gasteiger partial charge in [-0.15, -0.1) is 0 Å². The van der Waals surface area contributed by atoms with Crippen molar-refractivity contribution in [2.45, 2.75) is 6.17 Å². The molecule has 2 heterocycles. The third-order valence-electron chi connectivity index (χ3n) is 11.3. The Morgan fingerprint density at radius 2 is 0.915 bits per heavy atom. The predicted octanol–water partition coefficient (Wildman–Crippen LogP) is 13.9. The average molecular weight is 756 g/mol. The predicted molar refractivity (Wildman–Crippen MR) is 245 cm³/mol. The van der Waals surface area contributed by atoms with Crippen molar-refractivity contribution >= 4 is 44.4 Å². The highest BCUT2D eigenvalue weighted by Crippen LogP contribution is 2.40. The van der Waals surface area contributed by atoms with E-state index in [0.717, 1.165) is 72.3 Å². The summed E-state index contributed by atoms with van der Waals surface area (Å²) in [6, 6.07) is 74.7. The van der Waals surface area contributed by atoms with Gasteiger partial charge in [-0.25, -0.2) is 9.98 Å². The maximum atomic E-state index is 6.69. The molecule has 0 radical (unpaired) electrons. The van der Waals surface area contributed by atoms with Crippen molar-refractivity contribution < 1.29 is 4.42 Å². The van der Waals surface area contributed by atoms with E-state index in [1.807, 2.05) is 24.3 Å². The van der Waals surface area contributed by atoms with E-state index in [2.05, 4.69) is 193 Å². The number of aliphatic imine (C=N–C) groups is 2.